The maximum Gasteiger partial charge on any atom is 0.0596 e. The third-order valence-corrected chi connectivity index (χ3v) is 7.67. The van der Waals surface area contributed by atoms with Crippen LogP contribution in [0.25, 0.3) is 0 Å². The van der Waals surface area contributed by atoms with E-state index >= 15 is 0 Å². The van der Waals surface area contributed by atoms with Crippen LogP contribution in [0.1, 0.15) is 85.0 Å². The van der Waals surface area contributed by atoms with Crippen LogP contribution in [-0.2, 0) is 0 Å². The predicted octanol–water partition coefficient (Wildman–Crippen LogP) is 5.17. The van der Waals surface area contributed by atoms with Gasteiger partial charge in [0.05, 0.1) is 6.10 Å². The Morgan fingerprint density at radius 2 is 1.80 bits per heavy atom. The smallest absolute Gasteiger partial charge is 0.0596 e. The average Bonchev–Trinajstić information content (AvgIpc) is 2.82. The Labute approximate surface area is 125 Å². The third kappa shape index (κ3) is 2.16. The first-order valence-corrected chi connectivity index (χ1v) is 9.19. The first-order chi connectivity index (χ1) is 9.51. The molecule has 0 radical (unpaired) electrons. The molecule has 3 saturated carbocycles. The highest BCUT2D eigenvalue weighted by Gasteiger charge is 2.56. The monoisotopic (exact) mass is 278 g/mol. The molecule has 3 rings (SSSR count). The molecule has 3 aliphatic rings. The highest BCUT2D eigenvalue weighted by molar-refractivity contribution is 5.06. The first-order valence-electron chi connectivity index (χ1n) is 9.19. The fourth-order valence-electron chi connectivity index (χ4n) is 6.34. The fourth-order valence-corrected chi connectivity index (χ4v) is 6.34. The molecule has 0 amide bonds. The van der Waals surface area contributed by atoms with E-state index in [1.807, 2.05) is 0 Å². The van der Waals surface area contributed by atoms with Crippen LogP contribution < -0.4 is 0 Å². The van der Waals surface area contributed by atoms with Gasteiger partial charge in [-0.05, 0) is 73.5 Å². The zero-order chi connectivity index (χ0) is 14.4. The second kappa shape index (κ2) is 5.30. The van der Waals surface area contributed by atoms with Crippen molar-refractivity contribution in [3.05, 3.63) is 0 Å². The molecule has 1 nitrogen and oxygen atoms in total. The lowest BCUT2D eigenvalue weighted by Gasteiger charge is -2.57. The lowest BCUT2D eigenvalue weighted by molar-refractivity contribution is -0.125. The summed E-state index contributed by atoms with van der Waals surface area (Å²) < 4.78 is 0. The van der Waals surface area contributed by atoms with Crippen molar-refractivity contribution < 1.29 is 5.11 Å². The zero-order valence-electron chi connectivity index (χ0n) is 13.8. The molecule has 20 heavy (non-hydrogen) atoms. The summed E-state index contributed by atoms with van der Waals surface area (Å²) in [6.45, 7) is 7.27. The molecule has 0 aromatic rings. The lowest BCUT2D eigenvalue weighted by Crippen LogP contribution is -2.52. The molecule has 0 aromatic carbocycles. The van der Waals surface area contributed by atoms with E-state index < -0.39 is 0 Å². The van der Waals surface area contributed by atoms with Crippen LogP contribution in [0.3, 0.4) is 0 Å². The van der Waals surface area contributed by atoms with E-state index in [1.165, 1.54) is 57.8 Å². The topological polar surface area (TPSA) is 20.2 Å². The van der Waals surface area contributed by atoms with Crippen molar-refractivity contribution in [1.29, 1.82) is 0 Å². The molecular formula is C19H34O. The van der Waals surface area contributed by atoms with Gasteiger partial charge in [-0.3, -0.25) is 0 Å². The second-order valence-corrected chi connectivity index (χ2v) is 8.66. The van der Waals surface area contributed by atoms with Gasteiger partial charge in [0.2, 0.25) is 0 Å². The normalized spacial score (nSPS) is 51.6. The highest BCUT2D eigenvalue weighted by atomic mass is 16.3. The predicted molar refractivity (Wildman–Crippen MR) is 84.5 cm³/mol. The molecule has 3 fully saturated rings. The molecule has 0 saturated heterocycles. The van der Waals surface area contributed by atoms with Gasteiger partial charge in [0.1, 0.15) is 0 Å². The van der Waals surface area contributed by atoms with Crippen LogP contribution in [-0.4, -0.2) is 11.2 Å². The van der Waals surface area contributed by atoms with E-state index in [9.17, 15) is 5.11 Å². The Hall–Kier alpha value is -0.0400. The fraction of sp³-hybridized carbons (Fsp3) is 1.00. The summed E-state index contributed by atoms with van der Waals surface area (Å²) in [6, 6.07) is 0. The SMILES string of the molecule is CCCC[C@@]1(C)[C@@H](O)CC[C@H]2[C@@H]3CCC[C@@]3(C)CC[C@@H]21. The standard InChI is InChI=1S/C19H34O/c1-4-5-12-19(3)16-10-13-18(2)11-6-7-15(18)14(16)8-9-17(19)20/h14-17,20H,4-13H2,1-3H3/t14-,15-,16-,17-,18-,19+/m0/s1. The molecule has 0 spiro atoms. The van der Waals surface area contributed by atoms with E-state index in [0.717, 1.165) is 24.2 Å². The number of hydrogen-bond donors (Lipinski definition) is 1. The van der Waals surface area contributed by atoms with E-state index in [4.69, 9.17) is 0 Å². The van der Waals surface area contributed by atoms with Crippen LogP contribution >= 0.6 is 0 Å². The van der Waals surface area contributed by atoms with Crippen molar-refractivity contribution in [3.8, 4) is 0 Å². The minimum atomic E-state index is -0.0407. The molecule has 6 atom stereocenters. The van der Waals surface area contributed by atoms with Gasteiger partial charge in [0.15, 0.2) is 0 Å². The van der Waals surface area contributed by atoms with Gasteiger partial charge in [0.25, 0.3) is 0 Å². The highest BCUT2D eigenvalue weighted by Crippen LogP contribution is 2.63. The van der Waals surface area contributed by atoms with Crippen molar-refractivity contribution in [1.82, 2.24) is 0 Å². The Morgan fingerprint density at radius 3 is 2.55 bits per heavy atom. The van der Waals surface area contributed by atoms with Gasteiger partial charge in [-0.25, -0.2) is 0 Å². The van der Waals surface area contributed by atoms with Gasteiger partial charge in [-0.15, -0.1) is 0 Å². The largest absolute Gasteiger partial charge is 0.393 e. The van der Waals surface area contributed by atoms with Gasteiger partial charge in [0, 0.05) is 0 Å². The van der Waals surface area contributed by atoms with Crippen molar-refractivity contribution in [2.75, 3.05) is 0 Å². The molecule has 1 N–H and O–H groups in total. The lowest BCUT2D eigenvalue weighted by atomic mass is 9.49. The molecule has 116 valence electrons. The summed E-state index contributed by atoms with van der Waals surface area (Å²) >= 11 is 0. The van der Waals surface area contributed by atoms with Gasteiger partial charge in [-0.2, -0.15) is 0 Å². The van der Waals surface area contributed by atoms with E-state index in [1.54, 1.807) is 0 Å². The second-order valence-electron chi connectivity index (χ2n) is 8.66. The number of aliphatic hydroxyl groups is 1. The van der Waals surface area contributed by atoms with E-state index in [0.29, 0.717) is 5.41 Å². The number of aliphatic hydroxyl groups excluding tert-OH is 1. The van der Waals surface area contributed by atoms with Crippen LogP contribution in [0.4, 0.5) is 0 Å². The Balaban J connectivity index is 1.83. The van der Waals surface area contributed by atoms with Crippen molar-refractivity contribution in [3.63, 3.8) is 0 Å². The number of hydrogen-bond acceptors (Lipinski definition) is 1. The molecule has 0 bridgehead atoms. The molecule has 0 heterocycles. The van der Waals surface area contributed by atoms with Crippen LogP contribution in [0.5, 0.6) is 0 Å². The van der Waals surface area contributed by atoms with Crippen LogP contribution in [0.2, 0.25) is 0 Å². The Kier molecular flexibility index (Phi) is 3.95. The van der Waals surface area contributed by atoms with Crippen LogP contribution in [0.15, 0.2) is 0 Å². The van der Waals surface area contributed by atoms with E-state index in [-0.39, 0.29) is 11.5 Å². The number of fused-ring (bicyclic) bond motifs is 3. The molecule has 0 unspecified atom stereocenters. The van der Waals surface area contributed by atoms with Crippen LogP contribution in [0, 0.1) is 28.6 Å². The van der Waals surface area contributed by atoms with Gasteiger partial charge in [-0.1, -0.05) is 40.0 Å². The molecular weight excluding hydrogens is 244 g/mol. The minimum Gasteiger partial charge on any atom is -0.393 e. The van der Waals surface area contributed by atoms with Crippen molar-refractivity contribution >= 4 is 0 Å². The molecule has 3 aliphatic carbocycles. The Morgan fingerprint density at radius 1 is 1.00 bits per heavy atom. The molecule has 1 heteroatoms. The maximum absolute atomic E-state index is 10.7. The van der Waals surface area contributed by atoms with Crippen molar-refractivity contribution in [2.45, 2.75) is 91.1 Å². The van der Waals surface area contributed by atoms with Gasteiger partial charge >= 0.3 is 0 Å². The summed E-state index contributed by atoms with van der Waals surface area (Å²) in [4.78, 5) is 0. The maximum atomic E-state index is 10.7. The zero-order valence-corrected chi connectivity index (χ0v) is 13.8. The number of unbranched alkanes of at least 4 members (excludes halogenated alkanes) is 1. The van der Waals surface area contributed by atoms with Gasteiger partial charge < -0.3 is 5.11 Å². The van der Waals surface area contributed by atoms with Crippen molar-refractivity contribution in [2.24, 2.45) is 28.6 Å². The molecule has 0 aromatic heterocycles. The first kappa shape index (κ1) is 14.9. The Bertz CT molecular complexity index is 352. The average molecular weight is 278 g/mol. The quantitative estimate of drug-likeness (QED) is 0.755. The number of rotatable bonds is 3. The minimum absolute atomic E-state index is 0.0407. The van der Waals surface area contributed by atoms with E-state index in [2.05, 4.69) is 20.8 Å². The molecule has 0 aliphatic heterocycles. The summed E-state index contributed by atoms with van der Waals surface area (Å²) in [5.41, 5.74) is 0.859. The third-order valence-electron chi connectivity index (χ3n) is 7.67. The summed E-state index contributed by atoms with van der Waals surface area (Å²) in [5, 5.41) is 10.7. The summed E-state index contributed by atoms with van der Waals surface area (Å²) in [7, 11) is 0. The summed E-state index contributed by atoms with van der Waals surface area (Å²) in [5.74, 6) is 2.69. The summed E-state index contributed by atoms with van der Waals surface area (Å²) in [6.07, 6.45) is 13.3.